The summed E-state index contributed by atoms with van der Waals surface area (Å²) in [5.74, 6) is 0.322. The molecular formula is C15H14N2OS. The molecule has 0 amide bonds. The zero-order chi connectivity index (χ0) is 13.2. The van der Waals surface area contributed by atoms with Crippen LogP contribution in [-0.2, 0) is 6.54 Å². The second-order valence-electron chi connectivity index (χ2n) is 4.43. The van der Waals surface area contributed by atoms with Gasteiger partial charge in [-0.2, -0.15) is 0 Å². The molecule has 0 aliphatic rings. The van der Waals surface area contributed by atoms with Gasteiger partial charge in [0.25, 0.3) is 0 Å². The van der Waals surface area contributed by atoms with E-state index in [0.29, 0.717) is 5.75 Å². The number of aryl methyl sites for hydroxylation is 1. The number of aromatic hydroxyl groups is 1. The summed E-state index contributed by atoms with van der Waals surface area (Å²) in [6.07, 6.45) is 9.79. The van der Waals surface area contributed by atoms with Gasteiger partial charge in [0.2, 0.25) is 0 Å². The van der Waals surface area contributed by atoms with Gasteiger partial charge in [-0.05, 0) is 42.1 Å². The van der Waals surface area contributed by atoms with Crippen molar-refractivity contribution in [1.82, 2.24) is 9.55 Å². The summed E-state index contributed by atoms with van der Waals surface area (Å²) in [5, 5.41) is 10.7. The van der Waals surface area contributed by atoms with E-state index >= 15 is 0 Å². The third-order valence-corrected chi connectivity index (χ3v) is 4.34. The maximum absolute atomic E-state index is 9.54. The number of phenolic OH excluding ortho intramolecular Hbond substituents is 1. The van der Waals surface area contributed by atoms with E-state index in [9.17, 15) is 5.11 Å². The lowest BCUT2D eigenvalue weighted by Gasteiger charge is -1.95. The van der Waals surface area contributed by atoms with Crippen LogP contribution < -0.4 is 0 Å². The summed E-state index contributed by atoms with van der Waals surface area (Å²) in [7, 11) is 0. The molecule has 0 bridgehead atoms. The number of fused-ring (bicyclic) bond motifs is 1. The first-order valence-corrected chi connectivity index (χ1v) is 6.90. The van der Waals surface area contributed by atoms with Crippen LogP contribution in [0.1, 0.15) is 10.4 Å². The maximum atomic E-state index is 9.54. The molecule has 0 fully saturated rings. The highest BCUT2D eigenvalue weighted by Crippen LogP contribution is 2.33. The van der Waals surface area contributed by atoms with Crippen LogP contribution in [0.4, 0.5) is 0 Å². The molecule has 3 aromatic rings. The predicted octanol–water partition coefficient (Wildman–Crippen LogP) is 3.83. The van der Waals surface area contributed by atoms with Crippen LogP contribution in [-0.4, -0.2) is 14.7 Å². The molecule has 96 valence electrons. The summed E-state index contributed by atoms with van der Waals surface area (Å²) >= 11 is 1.75. The Labute approximate surface area is 115 Å². The van der Waals surface area contributed by atoms with E-state index in [0.717, 1.165) is 11.9 Å². The Hall–Kier alpha value is -2.07. The van der Waals surface area contributed by atoms with Crippen molar-refractivity contribution in [1.29, 1.82) is 0 Å². The van der Waals surface area contributed by atoms with Crippen LogP contribution in [0.15, 0.2) is 43.0 Å². The Morgan fingerprint density at radius 2 is 2.32 bits per heavy atom. The summed E-state index contributed by atoms with van der Waals surface area (Å²) in [4.78, 5) is 5.25. The maximum Gasteiger partial charge on any atom is 0.116 e. The fraction of sp³-hybridized carbons (Fsp3) is 0.133. The summed E-state index contributed by atoms with van der Waals surface area (Å²) < 4.78 is 3.22. The predicted molar refractivity (Wildman–Crippen MR) is 79.5 cm³/mol. The van der Waals surface area contributed by atoms with Crippen molar-refractivity contribution in [3.05, 3.63) is 53.4 Å². The smallest absolute Gasteiger partial charge is 0.116 e. The van der Waals surface area contributed by atoms with E-state index in [1.807, 2.05) is 22.9 Å². The third-order valence-electron chi connectivity index (χ3n) is 3.10. The first-order chi connectivity index (χ1) is 9.24. The number of hydrogen-bond donors (Lipinski definition) is 1. The van der Waals surface area contributed by atoms with E-state index in [1.165, 1.54) is 15.1 Å². The molecule has 0 saturated heterocycles. The fourth-order valence-electron chi connectivity index (χ4n) is 2.06. The molecule has 1 aromatic carbocycles. The zero-order valence-corrected chi connectivity index (χ0v) is 11.4. The van der Waals surface area contributed by atoms with Crippen LogP contribution in [0.3, 0.4) is 0 Å². The number of aromatic nitrogens is 2. The number of allylic oxidation sites excluding steroid dienone is 1. The van der Waals surface area contributed by atoms with Crippen LogP contribution in [0, 0.1) is 6.92 Å². The molecule has 0 radical (unpaired) electrons. The Balaban J connectivity index is 1.88. The zero-order valence-electron chi connectivity index (χ0n) is 10.6. The quantitative estimate of drug-likeness (QED) is 0.785. The minimum atomic E-state index is 0.322. The van der Waals surface area contributed by atoms with E-state index < -0.39 is 0 Å². The Morgan fingerprint density at radius 1 is 1.42 bits per heavy atom. The van der Waals surface area contributed by atoms with E-state index in [2.05, 4.69) is 24.1 Å². The van der Waals surface area contributed by atoms with Crippen molar-refractivity contribution in [2.75, 3.05) is 0 Å². The average molecular weight is 270 g/mol. The molecule has 2 aromatic heterocycles. The van der Waals surface area contributed by atoms with Crippen molar-refractivity contribution in [3.63, 3.8) is 0 Å². The summed E-state index contributed by atoms with van der Waals surface area (Å²) in [6.45, 7) is 2.91. The van der Waals surface area contributed by atoms with Crippen molar-refractivity contribution >= 4 is 27.5 Å². The number of rotatable bonds is 3. The molecule has 0 aliphatic carbocycles. The summed E-state index contributed by atoms with van der Waals surface area (Å²) in [6, 6.07) is 5.53. The highest BCUT2D eigenvalue weighted by molar-refractivity contribution is 7.20. The number of thiophene rings is 1. The lowest BCUT2D eigenvalue weighted by Crippen LogP contribution is -1.88. The molecule has 2 heterocycles. The van der Waals surface area contributed by atoms with E-state index in [4.69, 9.17) is 0 Å². The number of benzene rings is 1. The largest absolute Gasteiger partial charge is 0.508 e. The van der Waals surface area contributed by atoms with Crippen molar-refractivity contribution in [2.24, 2.45) is 0 Å². The van der Waals surface area contributed by atoms with E-state index in [1.54, 1.807) is 29.9 Å². The number of phenols is 1. The van der Waals surface area contributed by atoms with Gasteiger partial charge >= 0.3 is 0 Å². The van der Waals surface area contributed by atoms with Crippen molar-refractivity contribution in [2.45, 2.75) is 13.5 Å². The monoisotopic (exact) mass is 270 g/mol. The standard InChI is InChI=1S/C15H14N2OS/c1-11-13-9-12(18)4-5-15(13)19-14(11)3-2-7-17-8-6-16-10-17/h2-6,8-10,18H,7H2,1H3/b3-2+. The van der Waals surface area contributed by atoms with Gasteiger partial charge in [0.05, 0.1) is 6.33 Å². The van der Waals surface area contributed by atoms with Gasteiger partial charge in [-0.15, -0.1) is 11.3 Å². The first kappa shape index (κ1) is 12.0. The molecule has 1 N–H and O–H groups in total. The van der Waals surface area contributed by atoms with Gasteiger partial charge in [0.1, 0.15) is 5.75 Å². The highest BCUT2D eigenvalue weighted by Gasteiger charge is 2.06. The number of hydrogen-bond acceptors (Lipinski definition) is 3. The third kappa shape index (κ3) is 2.39. The Kier molecular flexibility index (Phi) is 3.09. The molecule has 4 heteroatoms. The average Bonchev–Trinajstić information content (AvgIpc) is 3.00. The van der Waals surface area contributed by atoms with Crippen molar-refractivity contribution < 1.29 is 5.11 Å². The molecule has 0 atom stereocenters. The topological polar surface area (TPSA) is 38.0 Å². The Morgan fingerprint density at radius 3 is 3.11 bits per heavy atom. The van der Waals surface area contributed by atoms with Gasteiger partial charge < -0.3 is 9.67 Å². The lowest BCUT2D eigenvalue weighted by molar-refractivity contribution is 0.476. The minimum absolute atomic E-state index is 0.322. The SMILES string of the molecule is Cc1c(/C=C/Cn2ccnc2)sc2ccc(O)cc12. The van der Waals surface area contributed by atoms with Crippen LogP contribution in [0.5, 0.6) is 5.75 Å². The van der Waals surface area contributed by atoms with Crippen LogP contribution >= 0.6 is 11.3 Å². The van der Waals surface area contributed by atoms with Gasteiger partial charge in [0, 0.05) is 28.5 Å². The summed E-state index contributed by atoms with van der Waals surface area (Å²) in [5.41, 5.74) is 1.22. The van der Waals surface area contributed by atoms with E-state index in [-0.39, 0.29) is 0 Å². The van der Waals surface area contributed by atoms with Crippen LogP contribution in [0.2, 0.25) is 0 Å². The van der Waals surface area contributed by atoms with Gasteiger partial charge in [-0.1, -0.05) is 6.08 Å². The normalized spacial score (nSPS) is 11.6. The second-order valence-corrected chi connectivity index (χ2v) is 5.52. The first-order valence-electron chi connectivity index (χ1n) is 6.08. The molecule has 0 saturated carbocycles. The molecule has 19 heavy (non-hydrogen) atoms. The molecule has 0 unspecified atom stereocenters. The Bertz CT molecular complexity index is 726. The second kappa shape index (κ2) is 4.90. The van der Waals surface area contributed by atoms with Crippen molar-refractivity contribution in [3.8, 4) is 5.75 Å². The van der Waals surface area contributed by atoms with Crippen LogP contribution in [0.25, 0.3) is 16.2 Å². The molecule has 0 aliphatic heterocycles. The minimum Gasteiger partial charge on any atom is -0.508 e. The molecule has 3 nitrogen and oxygen atoms in total. The van der Waals surface area contributed by atoms with Gasteiger partial charge in [0.15, 0.2) is 0 Å². The van der Waals surface area contributed by atoms with Gasteiger partial charge in [-0.3, -0.25) is 0 Å². The lowest BCUT2D eigenvalue weighted by atomic mass is 10.1. The number of nitrogens with zero attached hydrogens (tertiary/aromatic N) is 2. The molecular weight excluding hydrogens is 256 g/mol. The molecule has 0 spiro atoms. The van der Waals surface area contributed by atoms with Gasteiger partial charge in [-0.25, -0.2) is 4.98 Å². The fourth-order valence-corrected chi connectivity index (χ4v) is 3.19. The molecule has 3 rings (SSSR count). The number of imidazole rings is 1. The highest BCUT2D eigenvalue weighted by atomic mass is 32.1.